The highest BCUT2D eigenvalue weighted by Gasteiger charge is 2.21. The van der Waals surface area contributed by atoms with E-state index in [1.54, 1.807) is 18.2 Å². The van der Waals surface area contributed by atoms with Gasteiger partial charge in [0.1, 0.15) is 17.9 Å². The molecule has 5 rings (SSSR count). The number of nitrogens with one attached hydrogen (secondary N) is 3. The number of amides is 1. The number of nitrogens with zero attached hydrogens (tertiary/aromatic N) is 2. The summed E-state index contributed by atoms with van der Waals surface area (Å²) in [7, 11) is 0. The number of pyridine rings is 1. The molecule has 2 aliphatic rings. The van der Waals surface area contributed by atoms with Gasteiger partial charge in [0, 0.05) is 47.4 Å². The highest BCUT2D eigenvalue weighted by molar-refractivity contribution is 6.05. The number of ether oxygens (including phenoxy) is 2. The largest absolute Gasteiger partial charge is 0.486 e. The Kier molecular flexibility index (Phi) is 7.32. The molecule has 3 heterocycles. The van der Waals surface area contributed by atoms with Gasteiger partial charge in [0.05, 0.1) is 35.7 Å². The molecule has 37 heavy (non-hydrogen) atoms. The van der Waals surface area contributed by atoms with Gasteiger partial charge in [-0.05, 0) is 43.7 Å². The summed E-state index contributed by atoms with van der Waals surface area (Å²) < 4.78 is 11.7. The lowest BCUT2D eigenvalue weighted by Crippen LogP contribution is -2.20. The van der Waals surface area contributed by atoms with Crippen LogP contribution in [-0.4, -0.2) is 42.8 Å². The predicted octanol–water partition coefficient (Wildman–Crippen LogP) is 4.25. The lowest BCUT2D eigenvalue weighted by Gasteiger charge is -2.18. The van der Waals surface area contributed by atoms with Crippen molar-refractivity contribution in [2.45, 2.75) is 31.4 Å². The second-order valence-electron chi connectivity index (χ2n) is 9.03. The van der Waals surface area contributed by atoms with Crippen molar-refractivity contribution in [1.29, 1.82) is 5.26 Å². The molecule has 2 aromatic carbocycles. The Balaban J connectivity index is 1.53. The van der Waals surface area contributed by atoms with E-state index in [4.69, 9.17) is 15.9 Å². The van der Waals surface area contributed by atoms with Crippen molar-refractivity contribution in [3.05, 3.63) is 65.9 Å². The van der Waals surface area contributed by atoms with Crippen LogP contribution in [0, 0.1) is 23.7 Å². The number of rotatable bonds is 7. The first-order chi connectivity index (χ1) is 18.1. The topological polar surface area (TPSA) is 108 Å². The minimum Gasteiger partial charge on any atom is -0.486 e. The summed E-state index contributed by atoms with van der Waals surface area (Å²) in [5.74, 6) is 2.86. The molecular weight excluding hydrogens is 466 g/mol. The maximum Gasteiger partial charge on any atom is 0.248 e. The van der Waals surface area contributed by atoms with E-state index in [9.17, 15) is 10.1 Å². The van der Waals surface area contributed by atoms with Crippen molar-refractivity contribution < 1.29 is 14.3 Å². The monoisotopic (exact) mass is 493 g/mol. The molecule has 0 aliphatic carbocycles. The molecule has 8 heteroatoms. The number of fused-ring (bicyclic) bond motifs is 1. The number of hydrogen-bond donors (Lipinski definition) is 3. The number of nitriles is 1. The van der Waals surface area contributed by atoms with E-state index >= 15 is 0 Å². The summed E-state index contributed by atoms with van der Waals surface area (Å²) in [5, 5.41) is 20.1. The Morgan fingerprint density at radius 3 is 2.97 bits per heavy atom. The van der Waals surface area contributed by atoms with Gasteiger partial charge in [0.15, 0.2) is 0 Å². The molecular formula is C29H27N5O3. The predicted molar refractivity (Wildman–Crippen MR) is 143 cm³/mol. The van der Waals surface area contributed by atoms with E-state index in [1.807, 2.05) is 30.3 Å². The molecule has 2 fully saturated rings. The molecule has 1 unspecified atom stereocenters. The number of aromatic nitrogens is 1. The molecule has 8 nitrogen and oxygen atoms in total. The Bertz CT molecular complexity index is 1420. The molecule has 0 saturated carbocycles. The minimum atomic E-state index is -0.263. The van der Waals surface area contributed by atoms with E-state index in [-0.39, 0.29) is 18.1 Å². The summed E-state index contributed by atoms with van der Waals surface area (Å²) >= 11 is 0. The molecule has 0 spiro atoms. The zero-order valence-electron chi connectivity index (χ0n) is 20.3. The summed E-state index contributed by atoms with van der Waals surface area (Å²) in [6, 6.07) is 13.4. The van der Waals surface area contributed by atoms with Gasteiger partial charge in [-0.3, -0.25) is 9.78 Å². The molecule has 2 aliphatic heterocycles. The number of benzene rings is 2. The lowest BCUT2D eigenvalue weighted by atomic mass is 10.1. The van der Waals surface area contributed by atoms with Crippen LogP contribution in [0.3, 0.4) is 0 Å². The molecule has 186 valence electrons. The first kappa shape index (κ1) is 24.3. The van der Waals surface area contributed by atoms with Crippen LogP contribution >= 0.6 is 0 Å². The number of terminal acetylenes is 1. The van der Waals surface area contributed by atoms with Crippen LogP contribution in [0.2, 0.25) is 0 Å². The molecule has 1 amide bonds. The lowest BCUT2D eigenvalue weighted by molar-refractivity contribution is -0.111. The average molecular weight is 494 g/mol. The summed E-state index contributed by atoms with van der Waals surface area (Å²) in [5.41, 5.74) is 3.49. The van der Waals surface area contributed by atoms with E-state index in [1.165, 1.54) is 6.20 Å². The average Bonchev–Trinajstić information content (AvgIpc) is 3.63. The molecule has 2 atom stereocenters. The van der Waals surface area contributed by atoms with E-state index in [0.29, 0.717) is 52.4 Å². The number of carbonyl (C=O) groups is 1. The standard InChI is InChI=1S/C29H27N5O3/c1-2-19-5-3-6-22(13-19)33-29-20(16-30)17-32-25-15-27(37-23-10-12-36-18-23)26(14-24(25)29)34-28(35)9-8-21-7-4-11-31-21/h1,3,5-6,8-9,13-15,17,21,23,31H,4,7,10-12,18H2,(H,32,33)(H,34,35)/b9-8+/t21?,23-/m0/s1. The number of carbonyl (C=O) groups excluding carboxylic acids is 1. The van der Waals surface area contributed by atoms with Crippen molar-refractivity contribution in [2.24, 2.45) is 0 Å². The van der Waals surface area contributed by atoms with Crippen LogP contribution in [0.25, 0.3) is 10.9 Å². The van der Waals surface area contributed by atoms with Crippen LogP contribution in [-0.2, 0) is 9.53 Å². The molecule has 3 N–H and O–H groups in total. The second-order valence-corrected chi connectivity index (χ2v) is 9.03. The molecule has 0 bridgehead atoms. The van der Waals surface area contributed by atoms with Crippen LogP contribution in [0.15, 0.2) is 54.7 Å². The van der Waals surface area contributed by atoms with Crippen LogP contribution < -0.4 is 20.7 Å². The Hall–Kier alpha value is -4.37. The third kappa shape index (κ3) is 5.73. The normalized spacial score (nSPS) is 19.0. The van der Waals surface area contributed by atoms with Crippen LogP contribution in [0.4, 0.5) is 17.1 Å². The summed E-state index contributed by atoms with van der Waals surface area (Å²) in [6.45, 7) is 2.07. The quantitative estimate of drug-likeness (QED) is 0.334. The van der Waals surface area contributed by atoms with Gasteiger partial charge in [-0.25, -0.2) is 0 Å². The van der Waals surface area contributed by atoms with Crippen LogP contribution in [0.5, 0.6) is 5.75 Å². The van der Waals surface area contributed by atoms with Crippen molar-refractivity contribution in [1.82, 2.24) is 10.3 Å². The van der Waals surface area contributed by atoms with Gasteiger partial charge >= 0.3 is 0 Å². The van der Waals surface area contributed by atoms with E-state index in [0.717, 1.165) is 31.5 Å². The van der Waals surface area contributed by atoms with Gasteiger partial charge in [-0.15, -0.1) is 6.42 Å². The zero-order valence-corrected chi connectivity index (χ0v) is 20.3. The Labute approximate surface area is 215 Å². The van der Waals surface area contributed by atoms with Crippen molar-refractivity contribution in [2.75, 3.05) is 30.4 Å². The van der Waals surface area contributed by atoms with Gasteiger partial charge < -0.3 is 25.4 Å². The fraction of sp³-hybridized carbons (Fsp3) is 0.276. The third-order valence-electron chi connectivity index (χ3n) is 6.41. The molecule has 2 saturated heterocycles. The zero-order chi connectivity index (χ0) is 25.6. The van der Waals surface area contributed by atoms with Crippen molar-refractivity contribution in [3.63, 3.8) is 0 Å². The summed E-state index contributed by atoms with van der Waals surface area (Å²) in [4.78, 5) is 17.3. The fourth-order valence-electron chi connectivity index (χ4n) is 4.50. The van der Waals surface area contributed by atoms with Crippen LogP contribution in [0.1, 0.15) is 30.4 Å². The van der Waals surface area contributed by atoms with E-state index < -0.39 is 0 Å². The number of hydrogen-bond acceptors (Lipinski definition) is 7. The van der Waals surface area contributed by atoms with E-state index in [2.05, 4.69) is 32.9 Å². The SMILES string of the molecule is C#Cc1cccc(Nc2c(C#N)cnc3cc(O[C@H]4CCOC4)c(NC(=O)/C=C/C4CCCN4)cc23)c1. The second kappa shape index (κ2) is 11.1. The maximum absolute atomic E-state index is 12.9. The van der Waals surface area contributed by atoms with Gasteiger partial charge in [-0.1, -0.05) is 18.1 Å². The Morgan fingerprint density at radius 2 is 2.22 bits per heavy atom. The minimum absolute atomic E-state index is 0.117. The fourth-order valence-corrected chi connectivity index (χ4v) is 4.50. The number of anilines is 3. The Morgan fingerprint density at radius 1 is 1.30 bits per heavy atom. The molecule has 1 aromatic heterocycles. The van der Waals surface area contributed by atoms with Gasteiger partial charge in [-0.2, -0.15) is 5.26 Å². The van der Waals surface area contributed by atoms with Crippen molar-refractivity contribution >= 4 is 33.9 Å². The van der Waals surface area contributed by atoms with Gasteiger partial charge in [0.25, 0.3) is 0 Å². The first-order valence-electron chi connectivity index (χ1n) is 12.3. The maximum atomic E-state index is 12.9. The first-order valence-corrected chi connectivity index (χ1v) is 12.3. The summed E-state index contributed by atoms with van der Waals surface area (Å²) in [6.07, 6.45) is 13.3. The van der Waals surface area contributed by atoms with Crippen molar-refractivity contribution in [3.8, 4) is 24.2 Å². The molecule has 0 radical (unpaired) electrons. The molecule has 3 aromatic rings. The highest BCUT2D eigenvalue weighted by atomic mass is 16.5. The highest BCUT2D eigenvalue weighted by Crippen LogP contribution is 2.37. The third-order valence-corrected chi connectivity index (χ3v) is 6.41. The smallest absolute Gasteiger partial charge is 0.248 e. The van der Waals surface area contributed by atoms with Gasteiger partial charge in [0.2, 0.25) is 5.91 Å².